The maximum atomic E-state index is 13.7. The number of hydrogen-bond donors (Lipinski definition) is 1. The van der Waals surface area contributed by atoms with Gasteiger partial charge in [-0.1, -0.05) is 12.1 Å². The van der Waals surface area contributed by atoms with Gasteiger partial charge >= 0.3 is 23.6 Å². The molecule has 3 heterocycles. The summed E-state index contributed by atoms with van der Waals surface area (Å²) in [6, 6.07) is 6.58. The molecule has 1 fully saturated rings. The van der Waals surface area contributed by atoms with Gasteiger partial charge in [0, 0.05) is 20.3 Å². The third-order valence-corrected chi connectivity index (χ3v) is 5.63. The van der Waals surface area contributed by atoms with Gasteiger partial charge in [-0.2, -0.15) is 4.98 Å². The molecule has 4 rings (SSSR count). The van der Waals surface area contributed by atoms with Gasteiger partial charge in [-0.05, 0) is 17.7 Å². The number of aromatic nitrogens is 4. The van der Waals surface area contributed by atoms with Gasteiger partial charge in [-0.25, -0.2) is 19.1 Å². The zero-order valence-electron chi connectivity index (χ0n) is 19.9. The largest absolute Gasteiger partial charge is 0.465 e. The normalized spacial score (nSPS) is 19.2. The van der Waals surface area contributed by atoms with Crippen molar-refractivity contribution in [2.75, 3.05) is 19.5 Å². The van der Waals surface area contributed by atoms with Gasteiger partial charge in [0.15, 0.2) is 11.9 Å². The molecular formula is C23H25N5O8. The van der Waals surface area contributed by atoms with Gasteiger partial charge in [0.05, 0.1) is 31.5 Å². The van der Waals surface area contributed by atoms with Crippen molar-refractivity contribution >= 4 is 35.0 Å². The minimum atomic E-state index is -1.04. The molecule has 36 heavy (non-hydrogen) atoms. The van der Waals surface area contributed by atoms with E-state index in [-0.39, 0.29) is 31.2 Å². The highest BCUT2D eigenvalue weighted by molar-refractivity contribution is 5.89. The molecule has 0 amide bonds. The van der Waals surface area contributed by atoms with E-state index in [2.05, 4.69) is 9.97 Å². The van der Waals surface area contributed by atoms with Crippen LogP contribution in [0, 0.1) is 0 Å². The Labute approximate surface area is 204 Å². The van der Waals surface area contributed by atoms with Crippen LogP contribution in [0.1, 0.15) is 42.4 Å². The molecule has 1 aliphatic heterocycles. The van der Waals surface area contributed by atoms with Gasteiger partial charge in [0.2, 0.25) is 5.95 Å². The maximum Gasteiger partial charge on any atom is 0.337 e. The Morgan fingerprint density at radius 2 is 1.89 bits per heavy atom. The lowest BCUT2D eigenvalue weighted by Crippen LogP contribution is -2.34. The Hall–Kier alpha value is -4.26. The van der Waals surface area contributed by atoms with E-state index in [1.807, 2.05) is 0 Å². The van der Waals surface area contributed by atoms with E-state index in [4.69, 9.17) is 24.7 Å². The van der Waals surface area contributed by atoms with Crippen LogP contribution < -0.4 is 11.4 Å². The average Bonchev–Trinajstić information content (AvgIpc) is 3.34. The topological polar surface area (TPSA) is 167 Å². The van der Waals surface area contributed by atoms with Gasteiger partial charge in [0.1, 0.15) is 18.2 Å². The Morgan fingerprint density at radius 1 is 1.17 bits per heavy atom. The van der Waals surface area contributed by atoms with Gasteiger partial charge in [0.25, 0.3) is 0 Å². The number of nitrogen functional groups attached to an aromatic ring is 1. The van der Waals surface area contributed by atoms with E-state index >= 15 is 0 Å². The fraction of sp³-hybridized carbons (Fsp3) is 0.391. The van der Waals surface area contributed by atoms with Crippen molar-refractivity contribution in [1.29, 1.82) is 0 Å². The zero-order chi connectivity index (χ0) is 26.0. The third kappa shape index (κ3) is 5.05. The molecule has 0 saturated carbocycles. The van der Waals surface area contributed by atoms with Crippen molar-refractivity contribution in [2.45, 2.75) is 45.2 Å². The zero-order valence-corrected chi connectivity index (χ0v) is 19.9. The van der Waals surface area contributed by atoms with Gasteiger partial charge in [-0.3, -0.25) is 14.2 Å². The highest BCUT2D eigenvalue weighted by Crippen LogP contribution is 2.33. The first-order chi connectivity index (χ1) is 17.2. The molecule has 1 aliphatic rings. The van der Waals surface area contributed by atoms with Crippen LogP contribution in [0.2, 0.25) is 0 Å². The molecule has 190 valence electrons. The molecule has 1 saturated heterocycles. The van der Waals surface area contributed by atoms with Crippen LogP contribution in [-0.4, -0.2) is 62.9 Å². The second-order valence-electron chi connectivity index (χ2n) is 8.20. The molecule has 2 aromatic heterocycles. The van der Waals surface area contributed by atoms with Crippen molar-refractivity contribution in [2.24, 2.45) is 0 Å². The lowest BCUT2D eigenvalue weighted by molar-refractivity contribution is -0.153. The van der Waals surface area contributed by atoms with E-state index in [1.54, 1.807) is 24.3 Å². The number of esters is 3. The van der Waals surface area contributed by atoms with Crippen LogP contribution in [0.5, 0.6) is 0 Å². The number of fused-ring (bicyclic) bond motifs is 1. The van der Waals surface area contributed by atoms with Crippen molar-refractivity contribution in [1.82, 2.24) is 19.1 Å². The van der Waals surface area contributed by atoms with E-state index in [1.165, 1.54) is 36.3 Å². The second-order valence-corrected chi connectivity index (χ2v) is 8.20. The summed E-state index contributed by atoms with van der Waals surface area (Å²) in [7, 11) is 1.29. The van der Waals surface area contributed by atoms with Crippen molar-refractivity contribution in [3.05, 3.63) is 52.1 Å². The van der Waals surface area contributed by atoms with Crippen LogP contribution in [-0.2, 0) is 35.1 Å². The predicted octanol–water partition coefficient (Wildman–Crippen LogP) is 0.792. The van der Waals surface area contributed by atoms with Crippen LogP contribution in [0.15, 0.2) is 35.3 Å². The number of nitrogens with zero attached hydrogens (tertiary/aromatic N) is 4. The van der Waals surface area contributed by atoms with Crippen LogP contribution in [0.25, 0.3) is 11.2 Å². The van der Waals surface area contributed by atoms with E-state index < -0.39 is 42.0 Å². The summed E-state index contributed by atoms with van der Waals surface area (Å²) in [5.41, 5.74) is 6.96. The summed E-state index contributed by atoms with van der Waals surface area (Å²) in [5, 5.41) is 0. The minimum Gasteiger partial charge on any atom is -0.465 e. The third-order valence-electron chi connectivity index (χ3n) is 5.63. The molecule has 0 spiro atoms. The van der Waals surface area contributed by atoms with E-state index in [9.17, 15) is 19.2 Å². The Balaban J connectivity index is 1.74. The number of benzene rings is 1. The van der Waals surface area contributed by atoms with Crippen molar-refractivity contribution in [3.63, 3.8) is 0 Å². The molecule has 13 heteroatoms. The first-order valence-corrected chi connectivity index (χ1v) is 11.0. The number of ether oxygens (including phenoxy) is 4. The highest BCUT2D eigenvalue weighted by Gasteiger charge is 2.41. The lowest BCUT2D eigenvalue weighted by Gasteiger charge is -2.19. The summed E-state index contributed by atoms with van der Waals surface area (Å²) in [5.74, 6) is -1.58. The molecule has 13 nitrogen and oxygen atoms in total. The number of imidazole rings is 1. The fourth-order valence-electron chi connectivity index (χ4n) is 4.08. The SMILES string of the molecule is COC(=O)c1ccc(Cn2c(=O)n([C@@H]3O[C@H](COC(C)=O)C[C@H]3OC(C)=O)c3nc(N)ncc32)cc1. The number of hydrogen-bond acceptors (Lipinski definition) is 11. The molecule has 0 bridgehead atoms. The van der Waals surface area contributed by atoms with Gasteiger partial charge in [-0.15, -0.1) is 0 Å². The van der Waals surface area contributed by atoms with E-state index in [0.29, 0.717) is 11.1 Å². The Bertz CT molecular complexity index is 1360. The molecule has 0 unspecified atom stereocenters. The predicted molar refractivity (Wildman–Crippen MR) is 124 cm³/mol. The molecular weight excluding hydrogens is 474 g/mol. The number of nitrogens with two attached hydrogens (primary N) is 1. The molecule has 0 radical (unpaired) electrons. The molecule has 1 aromatic carbocycles. The lowest BCUT2D eigenvalue weighted by atomic mass is 10.1. The summed E-state index contributed by atoms with van der Waals surface area (Å²) >= 11 is 0. The summed E-state index contributed by atoms with van der Waals surface area (Å²) in [6.45, 7) is 2.58. The van der Waals surface area contributed by atoms with E-state index in [0.717, 1.165) is 5.56 Å². The standard InChI is InChI=1S/C23H25N5O8/c1-12(29)34-11-16-8-18(35-13(2)30)20(36-16)28-19-17(9-25-22(24)26-19)27(23(28)32)10-14-4-6-15(7-5-14)21(31)33-3/h4-7,9,16,18,20H,8,10-11H2,1-3H3,(H2,24,25,26)/t16-,18+,20+/m0/s1. The quantitative estimate of drug-likeness (QED) is 0.360. The smallest absolute Gasteiger partial charge is 0.337 e. The fourth-order valence-corrected chi connectivity index (χ4v) is 4.08. The summed E-state index contributed by atoms with van der Waals surface area (Å²) in [6.07, 6.45) is -0.868. The first kappa shape index (κ1) is 24.9. The molecule has 3 atom stereocenters. The van der Waals surface area contributed by atoms with Crippen molar-refractivity contribution < 1.29 is 33.3 Å². The van der Waals surface area contributed by atoms with Crippen LogP contribution >= 0.6 is 0 Å². The summed E-state index contributed by atoms with van der Waals surface area (Å²) < 4.78 is 23.9. The number of anilines is 1. The minimum absolute atomic E-state index is 0.0608. The molecule has 3 aromatic rings. The number of carbonyl (C=O) groups is 3. The van der Waals surface area contributed by atoms with Crippen LogP contribution in [0.4, 0.5) is 5.95 Å². The number of rotatable bonds is 7. The summed E-state index contributed by atoms with van der Waals surface area (Å²) in [4.78, 5) is 56.7. The Morgan fingerprint density at radius 3 is 2.53 bits per heavy atom. The van der Waals surface area contributed by atoms with Crippen LogP contribution in [0.3, 0.4) is 0 Å². The second kappa shape index (κ2) is 10.2. The maximum absolute atomic E-state index is 13.7. The van der Waals surface area contributed by atoms with Gasteiger partial charge < -0.3 is 24.7 Å². The highest BCUT2D eigenvalue weighted by atomic mass is 16.6. The average molecular weight is 499 g/mol. The first-order valence-electron chi connectivity index (χ1n) is 11.0. The Kier molecular flexibility index (Phi) is 7.01. The molecule has 2 N–H and O–H groups in total. The monoisotopic (exact) mass is 499 g/mol. The van der Waals surface area contributed by atoms with Crippen molar-refractivity contribution in [3.8, 4) is 0 Å². The molecule has 0 aliphatic carbocycles. The number of methoxy groups -OCH3 is 1. The number of carbonyl (C=O) groups excluding carboxylic acids is 3.